The number of hydrogen-bond donors (Lipinski definition) is 1. The lowest BCUT2D eigenvalue weighted by atomic mass is 10.2. The zero-order valence-corrected chi connectivity index (χ0v) is 11.9. The van der Waals surface area contributed by atoms with Crippen LogP contribution in [0.15, 0.2) is 4.79 Å². The van der Waals surface area contributed by atoms with E-state index in [2.05, 4.69) is 10.4 Å². The minimum Gasteiger partial charge on any atom is -0.385 e. The standard InChI is InChI=1S/C13H22N4O3/c1-20-9-5-7-14-12(18)10-17-13(19)16-8-4-2-3-6-11(16)15-17/h2-10H2,1H3,(H,14,18). The summed E-state index contributed by atoms with van der Waals surface area (Å²) in [5, 5.41) is 7.03. The van der Waals surface area contributed by atoms with Crippen molar-refractivity contribution in [3.05, 3.63) is 16.3 Å². The second-order valence-corrected chi connectivity index (χ2v) is 5.02. The fraction of sp³-hybridized carbons (Fsp3) is 0.769. The molecule has 0 radical (unpaired) electrons. The Kier molecular flexibility index (Phi) is 5.34. The van der Waals surface area contributed by atoms with E-state index >= 15 is 0 Å². The van der Waals surface area contributed by atoms with Gasteiger partial charge in [0.05, 0.1) is 0 Å². The molecule has 1 aliphatic heterocycles. The first-order valence-corrected chi connectivity index (χ1v) is 7.14. The van der Waals surface area contributed by atoms with E-state index in [-0.39, 0.29) is 18.1 Å². The molecule has 0 saturated carbocycles. The average molecular weight is 282 g/mol. The Labute approximate surface area is 117 Å². The smallest absolute Gasteiger partial charge is 0.346 e. The van der Waals surface area contributed by atoms with Crippen LogP contribution in [0.25, 0.3) is 0 Å². The van der Waals surface area contributed by atoms with E-state index in [1.807, 2.05) is 0 Å². The average Bonchev–Trinajstić information content (AvgIpc) is 2.63. The van der Waals surface area contributed by atoms with Gasteiger partial charge in [-0.15, -0.1) is 0 Å². The lowest BCUT2D eigenvalue weighted by molar-refractivity contribution is -0.121. The van der Waals surface area contributed by atoms with Gasteiger partial charge in [-0.25, -0.2) is 9.48 Å². The van der Waals surface area contributed by atoms with Crippen LogP contribution in [0.4, 0.5) is 0 Å². The molecule has 1 amide bonds. The molecule has 0 unspecified atom stereocenters. The van der Waals surface area contributed by atoms with E-state index in [4.69, 9.17) is 4.74 Å². The summed E-state index contributed by atoms with van der Waals surface area (Å²) in [6, 6.07) is 0. The number of ether oxygens (including phenoxy) is 1. The van der Waals surface area contributed by atoms with Crippen LogP contribution < -0.4 is 11.0 Å². The van der Waals surface area contributed by atoms with Crippen LogP contribution in [0, 0.1) is 0 Å². The molecule has 2 rings (SSSR count). The fourth-order valence-corrected chi connectivity index (χ4v) is 2.36. The fourth-order valence-electron chi connectivity index (χ4n) is 2.36. The van der Waals surface area contributed by atoms with Gasteiger partial charge in [-0.1, -0.05) is 6.42 Å². The van der Waals surface area contributed by atoms with E-state index in [9.17, 15) is 9.59 Å². The number of rotatable bonds is 6. The molecule has 0 aromatic carbocycles. The number of methoxy groups -OCH3 is 1. The highest BCUT2D eigenvalue weighted by Crippen LogP contribution is 2.09. The van der Waals surface area contributed by atoms with Crippen molar-refractivity contribution in [2.75, 3.05) is 20.3 Å². The second-order valence-electron chi connectivity index (χ2n) is 5.02. The summed E-state index contributed by atoms with van der Waals surface area (Å²) in [5.74, 6) is 0.621. The summed E-state index contributed by atoms with van der Waals surface area (Å²) in [6.07, 6.45) is 4.76. The van der Waals surface area contributed by atoms with Crippen molar-refractivity contribution in [3.63, 3.8) is 0 Å². The Morgan fingerprint density at radius 3 is 3.05 bits per heavy atom. The van der Waals surface area contributed by atoms with Crippen molar-refractivity contribution in [2.45, 2.75) is 45.2 Å². The maximum atomic E-state index is 12.1. The highest BCUT2D eigenvalue weighted by molar-refractivity contribution is 5.75. The molecule has 7 nitrogen and oxygen atoms in total. The van der Waals surface area contributed by atoms with Gasteiger partial charge in [0, 0.05) is 33.2 Å². The van der Waals surface area contributed by atoms with Crippen molar-refractivity contribution in [1.29, 1.82) is 0 Å². The van der Waals surface area contributed by atoms with Crippen LogP contribution >= 0.6 is 0 Å². The molecule has 20 heavy (non-hydrogen) atoms. The number of carbonyl (C=O) groups excluding carboxylic acids is 1. The predicted molar refractivity (Wildman–Crippen MR) is 73.5 cm³/mol. The van der Waals surface area contributed by atoms with E-state index < -0.39 is 0 Å². The molecule has 1 aliphatic rings. The number of fused-ring (bicyclic) bond motifs is 1. The highest BCUT2D eigenvalue weighted by atomic mass is 16.5. The predicted octanol–water partition coefficient (Wildman–Crippen LogP) is -0.0761. The summed E-state index contributed by atoms with van der Waals surface area (Å²) in [7, 11) is 1.62. The van der Waals surface area contributed by atoms with Gasteiger partial charge < -0.3 is 10.1 Å². The van der Waals surface area contributed by atoms with Gasteiger partial charge in [0.2, 0.25) is 5.91 Å². The van der Waals surface area contributed by atoms with Gasteiger partial charge in [0.25, 0.3) is 0 Å². The van der Waals surface area contributed by atoms with E-state index in [0.717, 1.165) is 37.9 Å². The number of aromatic nitrogens is 3. The summed E-state index contributed by atoms with van der Waals surface area (Å²) >= 11 is 0. The molecule has 0 saturated heterocycles. The molecule has 1 aromatic rings. The van der Waals surface area contributed by atoms with Crippen molar-refractivity contribution >= 4 is 5.91 Å². The quantitative estimate of drug-likeness (QED) is 0.741. The maximum Gasteiger partial charge on any atom is 0.346 e. The first kappa shape index (κ1) is 14.8. The van der Waals surface area contributed by atoms with Gasteiger partial charge in [0.15, 0.2) is 0 Å². The third kappa shape index (κ3) is 3.69. The van der Waals surface area contributed by atoms with Gasteiger partial charge in [-0.2, -0.15) is 5.10 Å². The first-order chi connectivity index (χ1) is 9.72. The minimum absolute atomic E-state index is 0.00812. The van der Waals surface area contributed by atoms with Gasteiger partial charge >= 0.3 is 5.69 Å². The van der Waals surface area contributed by atoms with Gasteiger partial charge in [0.1, 0.15) is 12.4 Å². The van der Waals surface area contributed by atoms with Crippen LogP contribution in [0.2, 0.25) is 0 Å². The molecule has 1 N–H and O–H groups in total. The summed E-state index contributed by atoms with van der Waals surface area (Å²) in [6.45, 7) is 1.86. The van der Waals surface area contributed by atoms with Crippen LogP contribution in [0.5, 0.6) is 0 Å². The third-order valence-electron chi connectivity index (χ3n) is 3.42. The van der Waals surface area contributed by atoms with Crippen molar-refractivity contribution < 1.29 is 9.53 Å². The van der Waals surface area contributed by atoms with Crippen LogP contribution in [-0.2, 0) is 29.0 Å². The van der Waals surface area contributed by atoms with Crippen molar-refractivity contribution in [3.8, 4) is 0 Å². The Hall–Kier alpha value is -1.63. The van der Waals surface area contributed by atoms with Gasteiger partial charge in [-0.05, 0) is 19.3 Å². The largest absolute Gasteiger partial charge is 0.385 e. The second kappa shape index (κ2) is 7.23. The normalized spacial score (nSPS) is 14.7. The zero-order valence-electron chi connectivity index (χ0n) is 11.9. The van der Waals surface area contributed by atoms with Crippen LogP contribution in [0.3, 0.4) is 0 Å². The molecule has 0 atom stereocenters. The first-order valence-electron chi connectivity index (χ1n) is 7.14. The maximum absolute atomic E-state index is 12.1. The molecule has 0 fully saturated rings. The summed E-state index contributed by atoms with van der Waals surface area (Å²) < 4.78 is 7.88. The monoisotopic (exact) mass is 282 g/mol. The lowest BCUT2D eigenvalue weighted by Crippen LogP contribution is -2.34. The molecular formula is C13H22N4O3. The molecule has 7 heteroatoms. The number of hydrogen-bond acceptors (Lipinski definition) is 4. The Balaban J connectivity index is 1.93. The van der Waals surface area contributed by atoms with E-state index in [0.29, 0.717) is 19.7 Å². The SMILES string of the molecule is COCCCNC(=O)Cn1nc2n(c1=O)CCCCC2. The molecule has 1 aromatic heterocycles. The minimum atomic E-state index is -0.184. The van der Waals surface area contributed by atoms with Crippen LogP contribution in [0.1, 0.15) is 31.5 Å². The van der Waals surface area contributed by atoms with Crippen molar-refractivity contribution in [1.82, 2.24) is 19.7 Å². The Morgan fingerprint density at radius 2 is 2.25 bits per heavy atom. The molecule has 0 bridgehead atoms. The zero-order chi connectivity index (χ0) is 14.4. The number of amides is 1. The molecule has 0 spiro atoms. The van der Waals surface area contributed by atoms with E-state index in [1.54, 1.807) is 11.7 Å². The van der Waals surface area contributed by atoms with E-state index in [1.165, 1.54) is 4.68 Å². The molecular weight excluding hydrogens is 260 g/mol. The summed E-state index contributed by atoms with van der Waals surface area (Å²) in [4.78, 5) is 23.9. The lowest BCUT2D eigenvalue weighted by Gasteiger charge is -2.04. The number of nitrogens with zero attached hydrogens (tertiary/aromatic N) is 3. The topological polar surface area (TPSA) is 78.2 Å². The number of carbonyl (C=O) groups is 1. The highest BCUT2D eigenvalue weighted by Gasteiger charge is 2.16. The summed E-state index contributed by atoms with van der Waals surface area (Å²) in [5.41, 5.74) is -0.172. The van der Waals surface area contributed by atoms with Gasteiger partial charge in [-0.3, -0.25) is 9.36 Å². The Morgan fingerprint density at radius 1 is 1.40 bits per heavy atom. The van der Waals surface area contributed by atoms with Crippen molar-refractivity contribution in [2.24, 2.45) is 0 Å². The molecule has 112 valence electrons. The Bertz CT molecular complexity index is 506. The number of aryl methyl sites for hydroxylation is 1. The molecule has 2 heterocycles. The molecule has 0 aliphatic carbocycles. The third-order valence-corrected chi connectivity index (χ3v) is 3.42. The number of nitrogens with one attached hydrogen (secondary N) is 1. The van der Waals surface area contributed by atoms with Crippen LogP contribution in [-0.4, -0.2) is 40.5 Å².